The van der Waals surface area contributed by atoms with Gasteiger partial charge in [0.15, 0.2) is 0 Å². The minimum atomic E-state index is -3.54. The minimum Gasteiger partial charge on any atom is 0 e. The average Bonchev–Trinajstić information content (AvgIpc) is 2.31. The summed E-state index contributed by atoms with van der Waals surface area (Å²) in [5.74, 6) is 0. The molecule has 1 unspecified atom stereocenters. The summed E-state index contributed by atoms with van der Waals surface area (Å²) in [5.41, 5.74) is 13.7. The number of anilines is 1. The zero-order valence-electron chi connectivity index (χ0n) is 9.89. The van der Waals surface area contributed by atoms with Crippen molar-refractivity contribution in [1.29, 1.82) is 0 Å². The van der Waals surface area contributed by atoms with Gasteiger partial charge in [-0.05, 0) is 47.5 Å². The molecule has 5 nitrogen and oxygen atoms in total. The molecule has 0 aliphatic carbocycles. The fourth-order valence-electron chi connectivity index (χ4n) is 1.37. The molecule has 2 aromatic rings. The van der Waals surface area contributed by atoms with Gasteiger partial charge in [0, 0.05) is 26.8 Å². The van der Waals surface area contributed by atoms with E-state index in [0.29, 0.717) is 0 Å². The number of hydrogen-bond donors (Lipinski definition) is 3. The normalized spacial score (nSPS) is 10.7. The van der Waals surface area contributed by atoms with Crippen molar-refractivity contribution in [3.8, 4) is 11.1 Å². The van der Waals surface area contributed by atoms with Gasteiger partial charge in [-0.25, -0.2) is 0 Å². The van der Waals surface area contributed by atoms with Gasteiger partial charge in [-0.1, -0.05) is 12.1 Å². The van der Waals surface area contributed by atoms with Gasteiger partial charge in [0.25, 0.3) is 0 Å². The van der Waals surface area contributed by atoms with E-state index in [1.165, 1.54) is 11.1 Å². The number of quaternary nitrogens is 1. The van der Waals surface area contributed by atoms with Gasteiger partial charge in [-0.3, -0.25) is 0 Å². The SMILES string of the molecule is Nc1ccc(-c2ccc([NH3+])cc2)cc1.O=[Se]([O-])O.[Pt]. The van der Waals surface area contributed by atoms with Crippen LogP contribution < -0.4 is 15.7 Å². The largest absolute Gasteiger partial charge is 0 e. The molecule has 0 aromatic heterocycles. The second-order valence-corrected chi connectivity index (χ2v) is 4.45. The summed E-state index contributed by atoms with van der Waals surface area (Å²) in [4.78, 5) is 0. The summed E-state index contributed by atoms with van der Waals surface area (Å²) in [7, 11) is 0. The predicted molar refractivity (Wildman–Crippen MR) is 67.5 cm³/mol. The van der Waals surface area contributed by atoms with E-state index in [-0.39, 0.29) is 21.1 Å². The predicted octanol–water partition coefficient (Wildman–Crippen LogP) is -0.439. The Labute approximate surface area is 130 Å². The number of rotatable bonds is 1. The van der Waals surface area contributed by atoms with Crippen molar-refractivity contribution in [2.24, 2.45) is 0 Å². The van der Waals surface area contributed by atoms with Crippen LogP contribution in [0.4, 0.5) is 11.4 Å². The van der Waals surface area contributed by atoms with Crippen LogP contribution in [0.15, 0.2) is 48.5 Å². The summed E-state index contributed by atoms with van der Waals surface area (Å²) in [6.07, 6.45) is 0. The van der Waals surface area contributed by atoms with Gasteiger partial charge in [-0.15, -0.1) is 0 Å². The van der Waals surface area contributed by atoms with E-state index in [0.717, 1.165) is 11.4 Å². The third-order valence-corrected chi connectivity index (χ3v) is 2.20. The van der Waals surface area contributed by atoms with E-state index < -0.39 is 14.5 Å². The fourth-order valence-corrected chi connectivity index (χ4v) is 1.37. The number of nitrogen functional groups attached to an aromatic ring is 1. The van der Waals surface area contributed by atoms with Crippen LogP contribution in [-0.2, 0) is 24.9 Å². The first-order valence-corrected chi connectivity index (χ1v) is 7.22. The molecule has 0 aliphatic heterocycles. The first-order chi connectivity index (χ1) is 8.49. The van der Waals surface area contributed by atoms with Crippen LogP contribution in [0, 0.1) is 0 Å². The molecule has 0 bridgehead atoms. The standard InChI is InChI=1S/C12H12N2.H2O3Se.Pt/c13-11-5-1-9(2-6-11)10-3-7-12(14)8-4-10;1-4(2)3;/h1-8H,13-14H2;(H2,1,2,3);. The molecule has 0 aliphatic rings. The van der Waals surface area contributed by atoms with Crippen LogP contribution in [0.2, 0.25) is 0 Å². The van der Waals surface area contributed by atoms with Crippen LogP contribution in [0.5, 0.6) is 0 Å². The molecule has 0 spiro atoms. The van der Waals surface area contributed by atoms with Gasteiger partial charge in [0.2, 0.25) is 0 Å². The minimum absolute atomic E-state index is 0. The van der Waals surface area contributed by atoms with E-state index in [1.807, 2.05) is 36.4 Å². The molecule has 2 rings (SSSR count). The molecule has 19 heavy (non-hydrogen) atoms. The van der Waals surface area contributed by atoms with Gasteiger partial charge >= 0.3 is 26.7 Å². The van der Waals surface area contributed by atoms with E-state index in [1.54, 1.807) is 0 Å². The quantitative estimate of drug-likeness (QED) is 0.358. The first-order valence-electron chi connectivity index (χ1n) is 5.05. The van der Waals surface area contributed by atoms with Crippen molar-refractivity contribution in [3.63, 3.8) is 0 Å². The summed E-state index contributed by atoms with van der Waals surface area (Å²) < 4.78 is 24.4. The molecule has 6 N–H and O–H groups in total. The summed E-state index contributed by atoms with van der Waals surface area (Å²) in [5, 5.41) is 0. The van der Waals surface area contributed by atoms with Crippen LogP contribution in [0.1, 0.15) is 0 Å². The molecule has 0 amide bonds. The van der Waals surface area contributed by atoms with E-state index >= 15 is 0 Å². The summed E-state index contributed by atoms with van der Waals surface area (Å²) in [6, 6.07) is 16.0. The maximum atomic E-state index is 8.65. The summed E-state index contributed by atoms with van der Waals surface area (Å²) >= 11 is -3.54. The molecule has 0 heterocycles. The molecular formula is C12H14N2O3PtSe. The van der Waals surface area contributed by atoms with E-state index in [2.05, 4.69) is 17.9 Å². The summed E-state index contributed by atoms with van der Waals surface area (Å²) in [6.45, 7) is 0. The van der Waals surface area contributed by atoms with Crippen LogP contribution >= 0.6 is 0 Å². The van der Waals surface area contributed by atoms with Gasteiger partial charge in [0.1, 0.15) is 5.69 Å². The zero-order valence-corrected chi connectivity index (χ0v) is 13.9. The number of nitrogens with two attached hydrogens (primary N) is 1. The Morgan fingerprint density at radius 3 is 1.68 bits per heavy atom. The van der Waals surface area contributed by atoms with Gasteiger partial charge in [0.05, 0.1) is 0 Å². The van der Waals surface area contributed by atoms with Crippen molar-refractivity contribution in [3.05, 3.63) is 48.5 Å². The second-order valence-electron chi connectivity index (χ2n) is 3.54. The van der Waals surface area contributed by atoms with Crippen molar-refractivity contribution in [2.45, 2.75) is 0 Å². The van der Waals surface area contributed by atoms with Crippen molar-refractivity contribution in [1.82, 2.24) is 0 Å². The first kappa shape index (κ1) is 18.1. The van der Waals surface area contributed by atoms with Crippen molar-refractivity contribution >= 4 is 25.9 Å². The number of hydrogen-bond acceptors (Lipinski definition) is 3. The maximum absolute atomic E-state index is 8.65. The average molecular weight is 508 g/mol. The molecule has 0 saturated heterocycles. The molecule has 0 fully saturated rings. The zero-order chi connectivity index (χ0) is 13.5. The molecule has 0 radical (unpaired) electrons. The second kappa shape index (κ2) is 9.10. The Kier molecular flexibility index (Phi) is 8.68. The van der Waals surface area contributed by atoms with Crippen LogP contribution in [-0.4, -0.2) is 18.7 Å². The van der Waals surface area contributed by atoms with E-state index in [9.17, 15) is 0 Å². The topological polar surface area (TPSA) is 114 Å². The fraction of sp³-hybridized carbons (Fsp3) is 0. The van der Waals surface area contributed by atoms with Gasteiger partial charge in [-0.2, -0.15) is 0 Å². The van der Waals surface area contributed by atoms with E-state index in [4.69, 9.17) is 17.9 Å². The van der Waals surface area contributed by atoms with Crippen molar-refractivity contribution in [2.75, 3.05) is 5.73 Å². The molecule has 7 heteroatoms. The third kappa shape index (κ3) is 7.33. The van der Waals surface area contributed by atoms with Crippen molar-refractivity contribution < 1.29 is 39.0 Å². The maximum Gasteiger partial charge on any atom is 0 e. The third-order valence-electron chi connectivity index (χ3n) is 2.20. The molecular weight excluding hydrogens is 494 g/mol. The Balaban J connectivity index is 0.000000576. The Bertz CT molecular complexity index is 470. The van der Waals surface area contributed by atoms with Crippen LogP contribution in [0.3, 0.4) is 0 Å². The molecule has 2 aromatic carbocycles. The molecule has 1 atom stereocenters. The number of benzene rings is 2. The Morgan fingerprint density at radius 2 is 1.32 bits per heavy atom. The van der Waals surface area contributed by atoms with Crippen LogP contribution in [0.25, 0.3) is 11.1 Å². The Morgan fingerprint density at radius 1 is 1.00 bits per heavy atom. The smallest absolute Gasteiger partial charge is 0 e. The van der Waals surface area contributed by atoms with Gasteiger partial charge < -0.3 is 11.5 Å². The Hall–Kier alpha value is -0.872. The monoisotopic (exact) mass is 509 g/mol. The molecule has 0 saturated carbocycles. The molecule has 106 valence electrons.